The van der Waals surface area contributed by atoms with E-state index in [1.165, 1.54) is 0 Å². The highest BCUT2D eigenvalue weighted by molar-refractivity contribution is 14.1. The first kappa shape index (κ1) is 14.3. The van der Waals surface area contributed by atoms with Crippen LogP contribution in [-0.4, -0.2) is 7.11 Å². The molecule has 0 aliphatic rings. The summed E-state index contributed by atoms with van der Waals surface area (Å²) in [6, 6.07) is 14.8. The molecule has 0 saturated carbocycles. The summed E-state index contributed by atoms with van der Waals surface area (Å²) in [6.07, 6.45) is 0. The maximum atomic E-state index is 12.8. The van der Waals surface area contributed by atoms with Crippen LogP contribution in [0.15, 0.2) is 62.2 Å². The van der Waals surface area contributed by atoms with E-state index in [2.05, 4.69) is 22.6 Å². The molecule has 0 aliphatic carbocycles. The molecule has 0 atom stereocenters. The molecule has 0 unspecified atom stereocenters. The molecule has 5 heteroatoms. The maximum absolute atomic E-state index is 12.8. The molecule has 4 nitrogen and oxygen atoms in total. The first-order valence-corrected chi connectivity index (χ1v) is 8.05. The van der Waals surface area contributed by atoms with Crippen molar-refractivity contribution in [2.75, 3.05) is 7.11 Å². The highest BCUT2D eigenvalue weighted by atomic mass is 127. The second kappa shape index (κ2) is 5.42. The van der Waals surface area contributed by atoms with Gasteiger partial charge in [-0.15, -0.1) is 0 Å². The number of ether oxygens (including phenoxy) is 1. The summed E-state index contributed by atoms with van der Waals surface area (Å²) in [4.78, 5) is 12.8. The molecule has 2 heterocycles. The quantitative estimate of drug-likeness (QED) is 0.438. The van der Waals surface area contributed by atoms with E-state index in [-0.39, 0.29) is 11.2 Å². The van der Waals surface area contributed by atoms with Gasteiger partial charge in [0, 0.05) is 11.6 Å². The fourth-order valence-electron chi connectivity index (χ4n) is 2.57. The minimum atomic E-state index is -0.0979. The van der Waals surface area contributed by atoms with E-state index < -0.39 is 0 Å². The zero-order valence-corrected chi connectivity index (χ0v) is 14.3. The monoisotopic (exact) mass is 418 g/mol. The van der Waals surface area contributed by atoms with Crippen molar-refractivity contribution in [2.45, 2.75) is 0 Å². The molecule has 0 saturated heterocycles. The molecule has 2 aromatic heterocycles. The number of furan rings is 1. The van der Waals surface area contributed by atoms with E-state index in [0.29, 0.717) is 27.9 Å². The third-order valence-corrected chi connectivity index (χ3v) is 4.75. The van der Waals surface area contributed by atoms with Gasteiger partial charge in [-0.25, -0.2) is 0 Å². The van der Waals surface area contributed by atoms with Gasteiger partial charge in [-0.3, -0.25) is 4.79 Å². The van der Waals surface area contributed by atoms with E-state index in [9.17, 15) is 4.79 Å². The van der Waals surface area contributed by atoms with Crippen molar-refractivity contribution >= 4 is 44.7 Å². The van der Waals surface area contributed by atoms with Crippen LogP contribution in [0.4, 0.5) is 0 Å². The normalized spacial score (nSPS) is 11.2. The van der Waals surface area contributed by atoms with Crippen LogP contribution >= 0.6 is 22.6 Å². The maximum Gasteiger partial charge on any atom is 0.303 e. The lowest BCUT2D eigenvalue weighted by Crippen LogP contribution is -2.02. The molecule has 0 radical (unpaired) electrons. The Labute approximate surface area is 144 Å². The van der Waals surface area contributed by atoms with Crippen molar-refractivity contribution in [1.82, 2.24) is 0 Å². The summed E-state index contributed by atoms with van der Waals surface area (Å²) in [6.45, 7) is 0. The molecule has 4 rings (SSSR count). The summed E-state index contributed by atoms with van der Waals surface area (Å²) >= 11 is 2.13. The lowest BCUT2D eigenvalue weighted by atomic mass is 10.1. The van der Waals surface area contributed by atoms with E-state index in [1.54, 1.807) is 25.3 Å². The first-order valence-electron chi connectivity index (χ1n) is 6.97. The molecule has 0 N–H and O–H groups in total. The summed E-state index contributed by atoms with van der Waals surface area (Å²) in [5, 5.41) is 0.985. The third-order valence-electron chi connectivity index (χ3n) is 3.72. The minimum absolute atomic E-state index is 0.0979. The summed E-state index contributed by atoms with van der Waals surface area (Å²) in [5.74, 6) is 1.51. The van der Waals surface area contributed by atoms with Gasteiger partial charge in [-0.2, -0.15) is 0 Å². The van der Waals surface area contributed by atoms with Gasteiger partial charge in [0.05, 0.1) is 16.1 Å². The average molecular weight is 418 g/mol. The van der Waals surface area contributed by atoms with Gasteiger partial charge in [0.2, 0.25) is 5.43 Å². The Kier molecular flexibility index (Phi) is 3.37. The van der Waals surface area contributed by atoms with Crippen LogP contribution in [-0.2, 0) is 0 Å². The molecular weight excluding hydrogens is 407 g/mol. The molecule has 2 aromatic carbocycles. The molecule has 23 heavy (non-hydrogen) atoms. The molecule has 0 spiro atoms. The third kappa shape index (κ3) is 2.23. The highest BCUT2D eigenvalue weighted by Gasteiger charge is 2.20. The van der Waals surface area contributed by atoms with Gasteiger partial charge in [-0.1, -0.05) is 30.3 Å². The number of benzene rings is 2. The zero-order valence-electron chi connectivity index (χ0n) is 12.1. The molecular formula is C18H11IO4. The smallest absolute Gasteiger partial charge is 0.303 e. The second-order valence-corrected chi connectivity index (χ2v) is 6.15. The van der Waals surface area contributed by atoms with Gasteiger partial charge in [0.1, 0.15) is 16.7 Å². The van der Waals surface area contributed by atoms with Crippen LogP contribution in [0.3, 0.4) is 0 Å². The SMILES string of the molecule is COc1ccc2c(=O)c3c(I)c(-c4ccccc4)oc3oc2c1. The van der Waals surface area contributed by atoms with Crippen LogP contribution in [0.1, 0.15) is 0 Å². The Morgan fingerprint density at radius 2 is 1.83 bits per heavy atom. The molecule has 4 aromatic rings. The molecule has 0 amide bonds. The number of halogens is 1. The summed E-state index contributed by atoms with van der Waals surface area (Å²) < 4.78 is 17.6. The number of rotatable bonds is 2. The van der Waals surface area contributed by atoms with E-state index in [4.69, 9.17) is 13.6 Å². The van der Waals surface area contributed by atoms with Crippen molar-refractivity contribution < 1.29 is 13.6 Å². The lowest BCUT2D eigenvalue weighted by molar-refractivity contribution is 0.414. The fourth-order valence-corrected chi connectivity index (χ4v) is 3.45. The Balaban J connectivity index is 2.08. The Morgan fingerprint density at radius 3 is 2.57 bits per heavy atom. The van der Waals surface area contributed by atoms with Crippen LogP contribution < -0.4 is 10.2 Å². The van der Waals surface area contributed by atoms with E-state index in [0.717, 1.165) is 9.13 Å². The highest BCUT2D eigenvalue weighted by Crippen LogP contribution is 2.34. The van der Waals surface area contributed by atoms with Crippen LogP contribution in [0, 0.1) is 3.57 Å². The van der Waals surface area contributed by atoms with Crippen LogP contribution in [0.5, 0.6) is 5.75 Å². The molecule has 0 bridgehead atoms. The summed E-state index contributed by atoms with van der Waals surface area (Å²) in [7, 11) is 1.57. The standard InChI is InChI=1S/C18H11IO4/c1-21-11-7-8-12-13(9-11)22-18-14(16(12)20)15(19)17(23-18)10-5-3-2-4-6-10/h2-9H,1H3. The Morgan fingerprint density at radius 1 is 1.04 bits per heavy atom. The van der Waals surface area contributed by atoms with E-state index >= 15 is 0 Å². The Hall–Kier alpha value is -2.28. The Bertz CT molecular complexity index is 1080. The molecule has 0 fully saturated rings. The average Bonchev–Trinajstić information content (AvgIpc) is 2.92. The largest absolute Gasteiger partial charge is 0.497 e. The fraction of sp³-hybridized carbons (Fsp3) is 0.0556. The van der Waals surface area contributed by atoms with Crippen molar-refractivity contribution in [2.24, 2.45) is 0 Å². The zero-order chi connectivity index (χ0) is 16.0. The van der Waals surface area contributed by atoms with Gasteiger partial charge in [-0.05, 0) is 34.7 Å². The molecule has 114 valence electrons. The number of methoxy groups -OCH3 is 1. The predicted molar refractivity (Wildman–Crippen MR) is 97.0 cm³/mol. The molecule has 0 aliphatic heterocycles. The predicted octanol–water partition coefficient (Wildman–Crippen LogP) is 4.82. The van der Waals surface area contributed by atoms with Crippen molar-refractivity contribution in [3.05, 3.63) is 62.3 Å². The number of fused-ring (bicyclic) bond motifs is 2. The van der Waals surface area contributed by atoms with Gasteiger partial charge >= 0.3 is 5.78 Å². The summed E-state index contributed by atoms with van der Waals surface area (Å²) in [5.41, 5.74) is 1.26. The van der Waals surface area contributed by atoms with Gasteiger partial charge in [0.25, 0.3) is 0 Å². The van der Waals surface area contributed by atoms with Crippen molar-refractivity contribution in [1.29, 1.82) is 0 Å². The van der Waals surface area contributed by atoms with Gasteiger partial charge < -0.3 is 13.6 Å². The topological polar surface area (TPSA) is 52.6 Å². The van der Waals surface area contributed by atoms with E-state index in [1.807, 2.05) is 30.3 Å². The first-order chi connectivity index (χ1) is 11.2. The number of hydrogen-bond acceptors (Lipinski definition) is 4. The van der Waals surface area contributed by atoms with Crippen LogP contribution in [0.2, 0.25) is 0 Å². The van der Waals surface area contributed by atoms with Crippen LogP contribution in [0.25, 0.3) is 33.5 Å². The number of hydrogen-bond donors (Lipinski definition) is 0. The van der Waals surface area contributed by atoms with Gasteiger partial charge in [0.15, 0.2) is 5.76 Å². The van der Waals surface area contributed by atoms with Crippen molar-refractivity contribution in [3.8, 4) is 17.1 Å². The lowest BCUT2D eigenvalue weighted by Gasteiger charge is -2.00. The van der Waals surface area contributed by atoms with Crippen molar-refractivity contribution in [3.63, 3.8) is 0 Å². The second-order valence-electron chi connectivity index (χ2n) is 5.07. The minimum Gasteiger partial charge on any atom is -0.497 e.